The molecule has 1 unspecified atom stereocenters. The molecule has 0 N–H and O–H groups in total. The predicted octanol–water partition coefficient (Wildman–Crippen LogP) is 2.42. The minimum absolute atomic E-state index is 0.232. The van der Waals surface area contributed by atoms with E-state index in [0.717, 1.165) is 19.5 Å². The summed E-state index contributed by atoms with van der Waals surface area (Å²) in [5, 5.41) is 0. The molecule has 1 rings (SSSR count). The van der Waals surface area contributed by atoms with Crippen LogP contribution in [0.3, 0.4) is 0 Å². The molecule has 1 amide bonds. The van der Waals surface area contributed by atoms with Crippen LogP contribution in [0.15, 0.2) is 0 Å². The van der Waals surface area contributed by atoms with Gasteiger partial charge in [0.15, 0.2) is 0 Å². The lowest BCUT2D eigenvalue weighted by Crippen LogP contribution is -2.45. The van der Waals surface area contributed by atoms with Crippen molar-refractivity contribution in [2.45, 2.75) is 38.4 Å². The first kappa shape index (κ1) is 11.0. The highest BCUT2D eigenvalue weighted by molar-refractivity contribution is 9.09. The summed E-state index contributed by atoms with van der Waals surface area (Å²) in [5.41, 5.74) is -0.232. The van der Waals surface area contributed by atoms with Crippen molar-refractivity contribution in [3.8, 4) is 0 Å². The maximum absolute atomic E-state index is 11.9. The highest BCUT2D eigenvalue weighted by Crippen LogP contribution is 2.23. The zero-order chi connectivity index (χ0) is 10.1. The van der Waals surface area contributed by atoms with Gasteiger partial charge in [-0.25, -0.2) is 0 Å². The van der Waals surface area contributed by atoms with Crippen LogP contribution in [0, 0.1) is 5.41 Å². The summed E-state index contributed by atoms with van der Waals surface area (Å²) in [6.45, 7) is 7.74. The van der Waals surface area contributed by atoms with Gasteiger partial charge < -0.3 is 4.90 Å². The maximum Gasteiger partial charge on any atom is 0.227 e. The molecule has 1 heterocycles. The van der Waals surface area contributed by atoms with Gasteiger partial charge >= 0.3 is 0 Å². The number of halogens is 1. The van der Waals surface area contributed by atoms with Crippen LogP contribution in [0.25, 0.3) is 0 Å². The summed E-state index contributed by atoms with van der Waals surface area (Å²) in [4.78, 5) is 14.3. The van der Waals surface area contributed by atoms with Crippen molar-refractivity contribution in [2.24, 2.45) is 5.41 Å². The van der Waals surface area contributed by atoms with E-state index in [0.29, 0.717) is 4.83 Å². The molecule has 2 nitrogen and oxygen atoms in total. The number of hydrogen-bond acceptors (Lipinski definition) is 1. The Kier molecular flexibility index (Phi) is 3.38. The van der Waals surface area contributed by atoms with E-state index in [-0.39, 0.29) is 11.3 Å². The summed E-state index contributed by atoms with van der Waals surface area (Å²) >= 11 is 3.57. The minimum atomic E-state index is -0.232. The Labute approximate surface area is 88.8 Å². The molecule has 0 bridgehead atoms. The van der Waals surface area contributed by atoms with E-state index in [4.69, 9.17) is 0 Å². The molecular weight excluding hydrogens is 230 g/mol. The largest absolute Gasteiger partial charge is 0.341 e. The molecule has 1 aliphatic heterocycles. The van der Waals surface area contributed by atoms with Gasteiger partial charge in [-0.3, -0.25) is 4.79 Å². The third-order valence-electron chi connectivity index (χ3n) is 2.29. The Balaban J connectivity index is 2.56. The number of alkyl halides is 1. The molecule has 1 aliphatic rings. The molecule has 76 valence electrons. The number of carbonyl (C=O) groups is 1. The third kappa shape index (κ3) is 2.97. The van der Waals surface area contributed by atoms with Crippen LogP contribution in [0.2, 0.25) is 0 Å². The van der Waals surface area contributed by atoms with Crippen molar-refractivity contribution in [3.05, 3.63) is 0 Å². The van der Waals surface area contributed by atoms with Crippen molar-refractivity contribution in [2.75, 3.05) is 13.1 Å². The SMILES string of the molecule is CC(C)(C)C(=O)N1CCCC(Br)C1. The van der Waals surface area contributed by atoms with Gasteiger partial charge in [0.1, 0.15) is 0 Å². The molecule has 0 aromatic heterocycles. The molecule has 3 heteroatoms. The topological polar surface area (TPSA) is 20.3 Å². The van der Waals surface area contributed by atoms with Crippen molar-refractivity contribution >= 4 is 21.8 Å². The Morgan fingerprint density at radius 3 is 2.54 bits per heavy atom. The maximum atomic E-state index is 11.9. The van der Waals surface area contributed by atoms with Crippen LogP contribution in [-0.2, 0) is 4.79 Å². The zero-order valence-corrected chi connectivity index (χ0v) is 10.2. The van der Waals surface area contributed by atoms with Crippen LogP contribution in [0.5, 0.6) is 0 Å². The van der Waals surface area contributed by atoms with Gasteiger partial charge in [-0.05, 0) is 12.8 Å². The van der Waals surface area contributed by atoms with Gasteiger partial charge in [0.05, 0.1) is 0 Å². The summed E-state index contributed by atoms with van der Waals surface area (Å²) < 4.78 is 0. The Bertz CT molecular complexity index is 198. The molecule has 0 radical (unpaired) electrons. The minimum Gasteiger partial charge on any atom is -0.341 e. The summed E-state index contributed by atoms with van der Waals surface area (Å²) in [7, 11) is 0. The van der Waals surface area contributed by atoms with Crippen LogP contribution >= 0.6 is 15.9 Å². The standard InChI is InChI=1S/C10H18BrNO/c1-10(2,3)9(13)12-6-4-5-8(11)7-12/h8H,4-7H2,1-3H3. The molecule has 13 heavy (non-hydrogen) atoms. The van der Waals surface area contributed by atoms with E-state index in [1.54, 1.807) is 0 Å². The summed E-state index contributed by atoms with van der Waals surface area (Å²) in [5.74, 6) is 0.275. The Morgan fingerprint density at radius 1 is 1.46 bits per heavy atom. The molecule has 1 fully saturated rings. The number of rotatable bonds is 0. The molecule has 1 saturated heterocycles. The number of nitrogens with zero attached hydrogens (tertiary/aromatic N) is 1. The first-order valence-electron chi connectivity index (χ1n) is 4.84. The lowest BCUT2D eigenvalue weighted by atomic mass is 9.93. The first-order valence-corrected chi connectivity index (χ1v) is 5.76. The highest BCUT2D eigenvalue weighted by atomic mass is 79.9. The van der Waals surface area contributed by atoms with Crippen LogP contribution < -0.4 is 0 Å². The first-order chi connectivity index (χ1) is 5.91. The average molecular weight is 248 g/mol. The van der Waals surface area contributed by atoms with E-state index < -0.39 is 0 Å². The fourth-order valence-electron chi connectivity index (χ4n) is 1.58. The quantitative estimate of drug-likeness (QED) is 0.603. The van der Waals surface area contributed by atoms with Crippen LogP contribution in [0.1, 0.15) is 33.6 Å². The molecule has 0 aromatic carbocycles. The average Bonchev–Trinajstić information content (AvgIpc) is 2.01. The Hall–Kier alpha value is -0.0500. The second kappa shape index (κ2) is 3.99. The van der Waals surface area contributed by atoms with E-state index in [1.807, 2.05) is 25.7 Å². The van der Waals surface area contributed by atoms with Crippen molar-refractivity contribution < 1.29 is 4.79 Å². The zero-order valence-electron chi connectivity index (χ0n) is 8.64. The van der Waals surface area contributed by atoms with Gasteiger partial charge in [0.25, 0.3) is 0 Å². The third-order valence-corrected chi connectivity index (χ3v) is 3.04. The fraction of sp³-hybridized carbons (Fsp3) is 0.900. The molecule has 0 aromatic rings. The molecule has 0 saturated carbocycles. The number of carbonyl (C=O) groups excluding carboxylic acids is 1. The smallest absolute Gasteiger partial charge is 0.227 e. The summed E-state index contributed by atoms with van der Waals surface area (Å²) in [6, 6.07) is 0. The van der Waals surface area contributed by atoms with E-state index >= 15 is 0 Å². The van der Waals surface area contributed by atoms with Crippen molar-refractivity contribution in [1.29, 1.82) is 0 Å². The lowest BCUT2D eigenvalue weighted by Gasteiger charge is -2.34. The van der Waals surface area contributed by atoms with Crippen LogP contribution in [-0.4, -0.2) is 28.7 Å². The second-order valence-corrected chi connectivity index (χ2v) is 6.04. The highest BCUT2D eigenvalue weighted by Gasteiger charge is 2.29. The molecule has 0 aliphatic carbocycles. The fourth-order valence-corrected chi connectivity index (χ4v) is 2.26. The van der Waals surface area contributed by atoms with E-state index in [1.165, 1.54) is 6.42 Å². The monoisotopic (exact) mass is 247 g/mol. The van der Waals surface area contributed by atoms with Gasteiger partial charge in [-0.1, -0.05) is 36.7 Å². The molecule has 0 spiro atoms. The van der Waals surface area contributed by atoms with Gasteiger partial charge in [-0.2, -0.15) is 0 Å². The van der Waals surface area contributed by atoms with Gasteiger partial charge in [0, 0.05) is 23.3 Å². The predicted molar refractivity (Wildman–Crippen MR) is 58.0 cm³/mol. The lowest BCUT2D eigenvalue weighted by molar-refractivity contribution is -0.140. The molecular formula is C10H18BrNO. The van der Waals surface area contributed by atoms with Gasteiger partial charge in [-0.15, -0.1) is 0 Å². The second-order valence-electron chi connectivity index (χ2n) is 4.74. The summed E-state index contributed by atoms with van der Waals surface area (Å²) in [6.07, 6.45) is 2.31. The van der Waals surface area contributed by atoms with Crippen molar-refractivity contribution in [1.82, 2.24) is 4.90 Å². The number of amides is 1. The Morgan fingerprint density at radius 2 is 2.08 bits per heavy atom. The number of likely N-dealkylation sites (tertiary alicyclic amines) is 1. The number of hydrogen-bond donors (Lipinski definition) is 0. The molecule has 1 atom stereocenters. The van der Waals surface area contributed by atoms with E-state index in [2.05, 4.69) is 15.9 Å². The van der Waals surface area contributed by atoms with E-state index in [9.17, 15) is 4.79 Å². The van der Waals surface area contributed by atoms with Gasteiger partial charge in [0.2, 0.25) is 5.91 Å². The number of piperidine rings is 1. The van der Waals surface area contributed by atoms with Crippen molar-refractivity contribution in [3.63, 3.8) is 0 Å². The van der Waals surface area contributed by atoms with Crippen LogP contribution in [0.4, 0.5) is 0 Å². The normalized spacial score (nSPS) is 24.6.